The van der Waals surface area contributed by atoms with E-state index in [2.05, 4.69) is 12.1 Å². The van der Waals surface area contributed by atoms with Crippen LogP contribution in [0.1, 0.15) is 27.9 Å². The lowest BCUT2D eigenvalue weighted by Crippen LogP contribution is -2.33. The topological polar surface area (TPSA) is 56.5 Å². The molecular weight excluding hydrogens is 366 g/mol. The fraction of sp³-hybridized carbons (Fsp3) is 0.391. The molecule has 0 spiro atoms. The van der Waals surface area contributed by atoms with E-state index in [0.29, 0.717) is 23.4 Å². The molecule has 1 saturated heterocycles. The largest absolute Gasteiger partial charge is 0.497 e. The molecular formula is C23H25N3O3. The number of benzene rings is 1. The molecule has 2 aliphatic rings. The van der Waals surface area contributed by atoms with Crippen molar-refractivity contribution in [1.82, 2.24) is 14.0 Å². The Morgan fingerprint density at radius 2 is 2.00 bits per heavy atom. The van der Waals surface area contributed by atoms with Crippen LogP contribution in [0.3, 0.4) is 0 Å². The molecule has 6 heteroatoms. The van der Waals surface area contributed by atoms with E-state index in [9.17, 15) is 9.59 Å². The first-order valence-corrected chi connectivity index (χ1v) is 9.95. The van der Waals surface area contributed by atoms with E-state index in [0.717, 1.165) is 29.8 Å². The normalized spacial score (nSPS) is 22.8. The highest BCUT2D eigenvalue weighted by molar-refractivity contribution is 6.07. The number of carbonyl (C=O) groups is 1. The number of likely N-dealkylation sites (tertiary alicyclic amines) is 1. The van der Waals surface area contributed by atoms with E-state index >= 15 is 0 Å². The predicted octanol–water partition coefficient (Wildman–Crippen LogP) is 2.61. The highest BCUT2D eigenvalue weighted by Crippen LogP contribution is 2.59. The van der Waals surface area contributed by atoms with Crippen LogP contribution in [-0.2, 0) is 19.5 Å². The predicted molar refractivity (Wildman–Crippen MR) is 112 cm³/mol. The van der Waals surface area contributed by atoms with Crippen LogP contribution < -0.4 is 10.3 Å². The average Bonchev–Trinajstić information content (AvgIpc) is 3.10. The second-order valence-electron chi connectivity index (χ2n) is 8.58. The number of hydrogen-bond acceptors (Lipinski definition) is 3. The first kappa shape index (κ1) is 18.0. The summed E-state index contributed by atoms with van der Waals surface area (Å²) in [5.74, 6) is 1.27. The summed E-state index contributed by atoms with van der Waals surface area (Å²) in [6.45, 7) is 3.39. The van der Waals surface area contributed by atoms with Crippen LogP contribution in [0, 0.1) is 12.8 Å². The van der Waals surface area contributed by atoms with Crippen molar-refractivity contribution >= 4 is 16.8 Å². The summed E-state index contributed by atoms with van der Waals surface area (Å²) in [6.07, 6.45) is 4.73. The number of fused-ring (bicyclic) bond motifs is 2. The smallest absolute Gasteiger partial charge is 0.260 e. The van der Waals surface area contributed by atoms with Gasteiger partial charge in [0.2, 0.25) is 0 Å². The number of aryl methyl sites for hydroxylation is 3. The van der Waals surface area contributed by atoms with Gasteiger partial charge in [-0.3, -0.25) is 9.59 Å². The standard InChI is InChI=1S/C23H25N3O3/c1-14-10-25(3)22(28)19-18(12-24(2)20(14)19)21(27)26-11-16-9-23(16,13-26)15-6-5-7-17(8-15)29-4/h5-8,10,12,16H,9,11,13H2,1-4H3. The zero-order valence-electron chi connectivity index (χ0n) is 17.2. The Morgan fingerprint density at radius 3 is 2.76 bits per heavy atom. The van der Waals surface area contributed by atoms with Gasteiger partial charge in [0.05, 0.1) is 23.6 Å². The minimum Gasteiger partial charge on any atom is -0.497 e. The number of amides is 1. The lowest BCUT2D eigenvalue weighted by atomic mass is 9.95. The number of pyridine rings is 1. The molecule has 3 heterocycles. The Labute approximate surface area is 169 Å². The van der Waals surface area contributed by atoms with Gasteiger partial charge in [0.1, 0.15) is 5.75 Å². The number of piperidine rings is 1. The van der Waals surface area contributed by atoms with E-state index in [1.54, 1.807) is 18.7 Å². The van der Waals surface area contributed by atoms with Gasteiger partial charge in [-0.15, -0.1) is 0 Å². The number of aromatic nitrogens is 2. The summed E-state index contributed by atoms with van der Waals surface area (Å²) in [6, 6.07) is 8.18. The SMILES string of the molecule is COc1cccc(C23CC2CN(C(=O)c2cn(C)c4c(C)cn(C)c(=O)c24)C3)c1. The molecule has 1 aromatic carbocycles. The Bertz CT molecular complexity index is 1220. The monoisotopic (exact) mass is 391 g/mol. The summed E-state index contributed by atoms with van der Waals surface area (Å²) in [5, 5.41) is 0.524. The highest BCUT2D eigenvalue weighted by atomic mass is 16.5. The van der Waals surface area contributed by atoms with Crippen LogP contribution >= 0.6 is 0 Å². The number of carbonyl (C=O) groups excluding carboxylic acids is 1. The van der Waals surface area contributed by atoms with Crippen molar-refractivity contribution in [1.29, 1.82) is 0 Å². The average molecular weight is 391 g/mol. The van der Waals surface area contributed by atoms with Crippen molar-refractivity contribution in [2.45, 2.75) is 18.8 Å². The third-order valence-corrected chi connectivity index (χ3v) is 6.78. The van der Waals surface area contributed by atoms with E-state index in [1.807, 2.05) is 48.0 Å². The molecule has 1 aliphatic carbocycles. The number of nitrogens with zero attached hydrogens (tertiary/aromatic N) is 3. The summed E-state index contributed by atoms with van der Waals surface area (Å²) in [4.78, 5) is 28.2. The molecule has 0 N–H and O–H groups in total. The lowest BCUT2D eigenvalue weighted by Gasteiger charge is -2.21. The Hall–Kier alpha value is -3.02. The van der Waals surface area contributed by atoms with Crippen molar-refractivity contribution in [3.05, 3.63) is 63.7 Å². The molecule has 2 atom stereocenters. The van der Waals surface area contributed by atoms with Crippen LogP contribution in [0.25, 0.3) is 10.9 Å². The number of ether oxygens (including phenoxy) is 1. The molecule has 1 saturated carbocycles. The Morgan fingerprint density at radius 1 is 1.21 bits per heavy atom. The van der Waals surface area contributed by atoms with Gasteiger partial charge in [-0.05, 0) is 42.5 Å². The zero-order chi connectivity index (χ0) is 20.5. The van der Waals surface area contributed by atoms with Crippen LogP contribution in [-0.4, -0.2) is 40.1 Å². The maximum Gasteiger partial charge on any atom is 0.260 e. The van der Waals surface area contributed by atoms with E-state index in [4.69, 9.17) is 4.74 Å². The summed E-state index contributed by atoms with van der Waals surface area (Å²) >= 11 is 0. The summed E-state index contributed by atoms with van der Waals surface area (Å²) in [5.41, 5.74) is 3.47. The second-order valence-corrected chi connectivity index (χ2v) is 8.58. The number of methoxy groups -OCH3 is 1. The highest BCUT2D eigenvalue weighted by Gasteiger charge is 2.61. The molecule has 2 aromatic heterocycles. The van der Waals surface area contributed by atoms with Crippen molar-refractivity contribution in [3.8, 4) is 5.75 Å². The molecule has 3 aromatic rings. The van der Waals surface area contributed by atoms with Gasteiger partial charge in [-0.1, -0.05) is 12.1 Å². The van der Waals surface area contributed by atoms with Crippen LogP contribution in [0.4, 0.5) is 0 Å². The quantitative estimate of drug-likeness (QED) is 0.690. The molecule has 1 aliphatic heterocycles. The first-order valence-electron chi connectivity index (χ1n) is 9.95. The molecule has 2 unspecified atom stereocenters. The molecule has 5 rings (SSSR count). The van der Waals surface area contributed by atoms with Crippen LogP contribution in [0.15, 0.2) is 41.5 Å². The molecule has 2 fully saturated rings. The molecule has 6 nitrogen and oxygen atoms in total. The van der Waals surface area contributed by atoms with Gasteiger partial charge in [-0.2, -0.15) is 0 Å². The molecule has 1 amide bonds. The van der Waals surface area contributed by atoms with E-state index < -0.39 is 0 Å². The van der Waals surface area contributed by atoms with Crippen LogP contribution in [0.5, 0.6) is 5.75 Å². The van der Waals surface area contributed by atoms with E-state index in [1.165, 1.54) is 5.56 Å². The number of hydrogen-bond donors (Lipinski definition) is 0. The summed E-state index contributed by atoms with van der Waals surface area (Å²) < 4.78 is 8.85. The van der Waals surface area contributed by atoms with Gasteiger partial charge >= 0.3 is 0 Å². The minimum atomic E-state index is -0.124. The van der Waals surface area contributed by atoms with Crippen molar-refractivity contribution < 1.29 is 9.53 Å². The van der Waals surface area contributed by atoms with Crippen molar-refractivity contribution in [2.75, 3.05) is 20.2 Å². The lowest BCUT2D eigenvalue weighted by molar-refractivity contribution is 0.0774. The fourth-order valence-electron chi connectivity index (χ4n) is 5.25. The molecule has 0 bridgehead atoms. The third-order valence-electron chi connectivity index (χ3n) is 6.78. The van der Waals surface area contributed by atoms with Crippen molar-refractivity contribution in [3.63, 3.8) is 0 Å². The maximum absolute atomic E-state index is 13.5. The molecule has 29 heavy (non-hydrogen) atoms. The van der Waals surface area contributed by atoms with Gasteiger partial charge < -0.3 is 18.8 Å². The fourth-order valence-corrected chi connectivity index (χ4v) is 5.25. The zero-order valence-corrected chi connectivity index (χ0v) is 17.2. The van der Waals surface area contributed by atoms with E-state index in [-0.39, 0.29) is 16.9 Å². The first-order chi connectivity index (χ1) is 13.9. The number of rotatable bonds is 3. The Balaban J connectivity index is 1.51. The minimum absolute atomic E-state index is 0.0235. The van der Waals surface area contributed by atoms with Gasteiger partial charge in [0.25, 0.3) is 11.5 Å². The third kappa shape index (κ3) is 2.48. The van der Waals surface area contributed by atoms with Gasteiger partial charge in [0.15, 0.2) is 0 Å². The van der Waals surface area contributed by atoms with Crippen LogP contribution in [0.2, 0.25) is 0 Å². The summed E-state index contributed by atoms with van der Waals surface area (Å²) in [7, 11) is 5.30. The second kappa shape index (κ2) is 5.99. The maximum atomic E-state index is 13.5. The van der Waals surface area contributed by atoms with Crippen molar-refractivity contribution in [2.24, 2.45) is 20.0 Å². The molecule has 0 radical (unpaired) electrons. The Kier molecular flexibility index (Phi) is 3.72. The van der Waals surface area contributed by atoms with Gasteiger partial charge in [-0.25, -0.2) is 0 Å². The molecule has 150 valence electrons. The van der Waals surface area contributed by atoms with Gasteiger partial charge in [0, 0.05) is 45.0 Å².